The van der Waals surface area contributed by atoms with Crippen molar-refractivity contribution in [1.29, 1.82) is 0 Å². The molecule has 0 aliphatic carbocycles. The second kappa shape index (κ2) is 4.35. The molecule has 3 N–H and O–H groups in total. The van der Waals surface area contributed by atoms with Crippen molar-refractivity contribution in [3.05, 3.63) is 53.2 Å². The van der Waals surface area contributed by atoms with Crippen LogP contribution in [0.25, 0.3) is 11.0 Å². The summed E-state index contributed by atoms with van der Waals surface area (Å²) in [5.41, 5.74) is 9.15. The normalized spacial score (nSPS) is 11.1. The maximum atomic E-state index is 13.4. The van der Waals surface area contributed by atoms with E-state index in [9.17, 15) is 4.39 Å². The van der Waals surface area contributed by atoms with Gasteiger partial charge in [-0.05, 0) is 35.7 Å². The van der Waals surface area contributed by atoms with Crippen LogP contribution in [0.3, 0.4) is 0 Å². The Morgan fingerprint density at radius 1 is 1.26 bits per heavy atom. The second-order valence-corrected chi connectivity index (χ2v) is 4.61. The van der Waals surface area contributed by atoms with Crippen LogP contribution in [0, 0.1) is 12.7 Å². The average Bonchev–Trinajstić information content (AvgIpc) is 2.77. The fourth-order valence-electron chi connectivity index (χ4n) is 2.11. The molecule has 0 aliphatic heterocycles. The number of aromatic nitrogens is 3. The highest BCUT2D eigenvalue weighted by Gasteiger charge is 2.08. The Balaban J connectivity index is 2.00. The molecule has 0 unspecified atom stereocenters. The second-order valence-electron chi connectivity index (χ2n) is 4.61. The lowest BCUT2D eigenvalue weighted by Crippen LogP contribution is -1.97. The van der Waals surface area contributed by atoms with Gasteiger partial charge in [-0.15, -0.1) is 0 Å². The zero-order chi connectivity index (χ0) is 13.4. The third kappa shape index (κ3) is 2.14. The van der Waals surface area contributed by atoms with Gasteiger partial charge in [0, 0.05) is 30.4 Å². The molecule has 3 rings (SSSR count). The van der Waals surface area contributed by atoms with Crippen LogP contribution in [0.2, 0.25) is 0 Å². The number of nitrogens with two attached hydrogens (primary N) is 1. The molecule has 3 aromatic heterocycles. The Morgan fingerprint density at radius 3 is 2.89 bits per heavy atom. The number of fused-ring (bicyclic) bond motifs is 1. The molecule has 3 aromatic rings. The molecule has 0 radical (unpaired) electrons. The van der Waals surface area contributed by atoms with Gasteiger partial charge in [-0.1, -0.05) is 0 Å². The van der Waals surface area contributed by atoms with Crippen LogP contribution in [0.1, 0.15) is 16.7 Å². The van der Waals surface area contributed by atoms with E-state index < -0.39 is 5.82 Å². The molecule has 0 fully saturated rings. The third-order valence-corrected chi connectivity index (χ3v) is 3.07. The lowest BCUT2D eigenvalue weighted by Gasteiger charge is -2.02. The lowest BCUT2D eigenvalue weighted by atomic mass is 10.1. The molecular formula is C14H13FN4. The first-order chi connectivity index (χ1) is 9.13. The summed E-state index contributed by atoms with van der Waals surface area (Å²) in [6, 6.07) is 3.49. The van der Waals surface area contributed by atoms with Crippen LogP contribution in [-0.4, -0.2) is 15.0 Å². The molecule has 0 bridgehead atoms. The zero-order valence-electron chi connectivity index (χ0n) is 10.4. The minimum Gasteiger partial charge on any atom is -0.381 e. The summed E-state index contributed by atoms with van der Waals surface area (Å²) in [4.78, 5) is 11.3. The molecule has 0 spiro atoms. The number of H-pyrrole nitrogens is 1. The summed E-state index contributed by atoms with van der Waals surface area (Å²) in [7, 11) is 0. The predicted octanol–water partition coefficient (Wildman–Crippen LogP) is 2.58. The molecule has 19 heavy (non-hydrogen) atoms. The zero-order valence-corrected chi connectivity index (χ0v) is 10.4. The minimum atomic E-state index is -0.480. The summed E-state index contributed by atoms with van der Waals surface area (Å²) in [5, 5.41) is 1.05. The number of pyridine rings is 2. The predicted molar refractivity (Wildman–Crippen MR) is 72.2 cm³/mol. The van der Waals surface area contributed by atoms with E-state index in [1.807, 2.05) is 19.3 Å². The Kier molecular flexibility index (Phi) is 2.67. The van der Waals surface area contributed by atoms with Crippen molar-refractivity contribution in [2.45, 2.75) is 13.3 Å². The van der Waals surface area contributed by atoms with Crippen LogP contribution in [-0.2, 0) is 6.42 Å². The molecule has 0 saturated carbocycles. The largest absolute Gasteiger partial charge is 0.381 e. The highest BCUT2D eigenvalue weighted by molar-refractivity contribution is 5.80. The van der Waals surface area contributed by atoms with Gasteiger partial charge in [0.05, 0.1) is 0 Å². The first kappa shape index (κ1) is 11.6. The van der Waals surface area contributed by atoms with Gasteiger partial charge in [-0.25, -0.2) is 14.4 Å². The van der Waals surface area contributed by atoms with Gasteiger partial charge in [0.2, 0.25) is 0 Å². The van der Waals surface area contributed by atoms with Crippen molar-refractivity contribution < 1.29 is 4.39 Å². The number of anilines is 1. The Labute approximate surface area is 109 Å². The van der Waals surface area contributed by atoms with Crippen LogP contribution in [0.15, 0.2) is 30.7 Å². The fraction of sp³-hybridized carbons (Fsp3) is 0.143. The molecule has 0 aliphatic rings. The number of halogens is 1. The molecular weight excluding hydrogens is 243 g/mol. The number of nitrogens with zero attached hydrogens (tertiary/aromatic N) is 2. The summed E-state index contributed by atoms with van der Waals surface area (Å²) in [5.74, 6) is -0.549. The van der Waals surface area contributed by atoms with E-state index in [0.29, 0.717) is 6.42 Å². The van der Waals surface area contributed by atoms with E-state index in [1.54, 1.807) is 6.20 Å². The van der Waals surface area contributed by atoms with Crippen LogP contribution in [0.5, 0.6) is 0 Å². The van der Waals surface area contributed by atoms with Crippen LogP contribution < -0.4 is 5.73 Å². The smallest absolute Gasteiger partial charge is 0.165 e. The SMILES string of the molecule is Cc1cnc2[nH]cc(Cc3cnc(N)c(F)c3)c2c1. The van der Waals surface area contributed by atoms with Crippen molar-refractivity contribution in [2.75, 3.05) is 5.73 Å². The van der Waals surface area contributed by atoms with E-state index in [1.165, 1.54) is 6.07 Å². The third-order valence-electron chi connectivity index (χ3n) is 3.07. The van der Waals surface area contributed by atoms with Crippen molar-refractivity contribution in [3.8, 4) is 0 Å². The monoisotopic (exact) mass is 256 g/mol. The maximum Gasteiger partial charge on any atom is 0.165 e. The number of hydrogen-bond acceptors (Lipinski definition) is 3. The Hall–Kier alpha value is -2.43. The summed E-state index contributed by atoms with van der Waals surface area (Å²) in [6.07, 6.45) is 5.90. The van der Waals surface area contributed by atoms with Crippen molar-refractivity contribution in [2.24, 2.45) is 0 Å². The van der Waals surface area contributed by atoms with Crippen LogP contribution in [0.4, 0.5) is 10.2 Å². The highest BCUT2D eigenvalue weighted by Crippen LogP contribution is 2.21. The van der Waals surface area contributed by atoms with Gasteiger partial charge in [-0.2, -0.15) is 0 Å². The molecule has 0 atom stereocenters. The number of nitrogen functional groups attached to an aromatic ring is 1. The Bertz CT molecular complexity index is 748. The molecule has 0 amide bonds. The molecule has 96 valence electrons. The number of nitrogens with one attached hydrogen (secondary N) is 1. The van der Waals surface area contributed by atoms with Crippen LogP contribution >= 0.6 is 0 Å². The number of rotatable bonds is 2. The molecule has 3 heterocycles. The van der Waals surface area contributed by atoms with Crippen molar-refractivity contribution in [1.82, 2.24) is 15.0 Å². The lowest BCUT2D eigenvalue weighted by molar-refractivity contribution is 0.625. The fourth-order valence-corrected chi connectivity index (χ4v) is 2.11. The topological polar surface area (TPSA) is 67.6 Å². The maximum absolute atomic E-state index is 13.4. The molecule has 0 aromatic carbocycles. The van der Waals surface area contributed by atoms with Gasteiger partial charge >= 0.3 is 0 Å². The molecule has 0 saturated heterocycles. The van der Waals surface area contributed by atoms with E-state index in [2.05, 4.69) is 21.0 Å². The highest BCUT2D eigenvalue weighted by atomic mass is 19.1. The molecule has 5 heteroatoms. The number of aryl methyl sites for hydroxylation is 1. The summed E-state index contributed by atoms with van der Waals surface area (Å²) < 4.78 is 13.4. The van der Waals surface area contributed by atoms with E-state index in [4.69, 9.17) is 5.73 Å². The average molecular weight is 256 g/mol. The van der Waals surface area contributed by atoms with Crippen molar-refractivity contribution in [3.63, 3.8) is 0 Å². The number of aromatic amines is 1. The quantitative estimate of drug-likeness (QED) is 0.740. The van der Waals surface area contributed by atoms with Gasteiger partial charge in [0.25, 0.3) is 0 Å². The summed E-state index contributed by atoms with van der Waals surface area (Å²) in [6.45, 7) is 1.99. The summed E-state index contributed by atoms with van der Waals surface area (Å²) >= 11 is 0. The first-order valence-electron chi connectivity index (χ1n) is 5.96. The van der Waals surface area contributed by atoms with Gasteiger partial charge in [0.1, 0.15) is 5.65 Å². The molecule has 4 nitrogen and oxygen atoms in total. The van der Waals surface area contributed by atoms with Crippen molar-refractivity contribution >= 4 is 16.9 Å². The first-order valence-corrected chi connectivity index (χ1v) is 5.96. The van der Waals surface area contributed by atoms with E-state index in [0.717, 1.165) is 27.7 Å². The standard InChI is InChI=1S/C14H13FN4/c1-8-2-11-10(7-19-14(11)18-5-8)3-9-4-12(15)13(16)17-6-9/h2,4-7H,3H2,1H3,(H2,16,17)(H,18,19). The van der Waals surface area contributed by atoms with E-state index in [-0.39, 0.29) is 5.82 Å². The number of hydrogen-bond donors (Lipinski definition) is 2. The van der Waals surface area contributed by atoms with Gasteiger partial charge < -0.3 is 10.7 Å². The Morgan fingerprint density at radius 2 is 2.11 bits per heavy atom. The van der Waals surface area contributed by atoms with E-state index >= 15 is 0 Å². The van der Waals surface area contributed by atoms with Gasteiger partial charge in [-0.3, -0.25) is 0 Å². The minimum absolute atomic E-state index is 0.0693. The van der Waals surface area contributed by atoms with Gasteiger partial charge in [0.15, 0.2) is 11.6 Å².